The van der Waals surface area contributed by atoms with E-state index in [1.165, 1.54) is 24.4 Å². The molecule has 180 valence electrons. The number of carbonyl (C=O) groups is 1. The number of hydrogen-bond acceptors (Lipinski definition) is 5. The third-order valence-electron chi connectivity index (χ3n) is 8.71. The van der Waals surface area contributed by atoms with E-state index < -0.39 is 17.0 Å². The summed E-state index contributed by atoms with van der Waals surface area (Å²) in [6, 6.07) is 5.57. The number of aromatic nitrogens is 4. The fraction of sp³-hybridized carbons (Fsp3) is 0.444. The van der Waals surface area contributed by atoms with Gasteiger partial charge in [0.2, 0.25) is 0 Å². The predicted octanol–water partition coefficient (Wildman–Crippen LogP) is 4.90. The monoisotopic (exact) mass is 475 g/mol. The Morgan fingerprint density at radius 1 is 1.14 bits per heavy atom. The number of rotatable bonds is 4. The summed E-state index contributed by atoms with van der Waals surface area (Å²) in [7, 11) is 0. The highest BCUT2D eigenvalue weighted by molar-refractivity contribution is 5.92. The molecular weight excluding hydrogens is 448 g/mol. The summed E-state index contributed by atoms with van der Waals surface area (Å²) in [6.07, 6.45) is 6.00. The lowest BCUT2D eigenvalue weighted by Crippen LogP contribution is -2.50. The number of amides is 1. The van der Waals surface area contributed by atoms with Gasteiger partial charge >= 0.3 is 0 Å². The maximum atomic E-state index is 14.5. The topological polar surface area (TPSA) is 71.9 Å². The quantitative estimate of drug-likeness (QED) is 0.537. The van der Waals surface area contributed by atoms with Crippen LogP contribution in [0.3, 0.4) is 0 Å². The van der Waals surface area contributed by atoms with Crippen molar-refractivity contribution < 1.29 is 13.6 Å². The lowest BCUT2D eigenvalue weighted by atomic mass is 9.66. The second-order valence-corrected chi connectivity index (χ2v) is 10.6. The van der Waals surface area contributed by atoms with Crippen LogP contribution in [-0.4, -0.2) is 44.1 Å². The maximum Gasteiger partial charge on any atom is 0.274 e. The maximum absolute atomic E-state index is 14.5. The minimum atomic E-state index is -0.662. The average molecular weight is 476 g/mol. The Hall–Kier alpha value is -3.29. The first-order valence-corrected chi connectivity index (χ1v) is 12.2. The van der Waals surface area contributed by atoms with Gasteiger partial charge in [0.1, 0.15) is 17.3 Å². The van der Waals surface area contributed by atoms with Crippen LogP contribution in [0.5, 0.6) is 0 Å². The molecule has 6 nitrogen and oxygen atoms in total. The zero-order chi connectivity index (χ0) is 24.5. The van der Waals surface area contributed by atoms with Crippen molar-refractivity contribution in [3.63, 3.8) is 0 Å². The van der Waals surface area contributed by atoms with Gasteiger partial charge < -0.3 is 4.90 Å². The van der Waals surface area contributed by atoms with Crippen molar-refractivity contribution in [3.8, 4) is 11.3 Å². The molecule has 3 aliphatic rings. The van der Waals surface area contributed by atoms with Crippen molar-refractivity contribution >= 4 is 5.91 Å². The number of hydrogen-bond donors (Lipinski definition) is 0. The van der Waals surface area contributed by atoms with Crippen LogP contribution in [0, 0.1) is 23.0 Å². The third-order valence-corrected chi connectivity index (χ3v) is 8.71. The van der Waals surface area contributed by atoms with Crippen molar-refractivity contribution in [1.82, 2.24) is 25.1 Å². The van der Waals surface area contributed by atoms with E-state index in [1.54, 1.807) is 12.3 Å². The Labute approximate surface area is 202 Å². The van der Waals surface area contributed by atoms with Crippen molar-refractivity contribution in [1.29, 1.82) is 0 Å². The average Bonchev–Trinajstić information content (AvgIpc) is 3.19. The lowest BCUT2D eigenvalue weighted by Gasteiger charge is -2.39. The van der Waals surface area contributed by atoms with Crippen LogP contribution in [0.1, 0.15) is 73.4 Å². The number of nitrogens with zero attached hydrogens (tertiary/aromatic N) is 5. The Morgan fingerprint density at radius 3 is 2.60 bits per heavy atom. The molecule has 0 N–H and O–H groups in total. The van der Waals surface area contributed by atoms with Gasteiger partial charge in [-0.15, -0.1) is 5.10 Å². The summed E-state index contributed by atoms with van der Waals surface area (Å²) in [5.74, 6) is -0.742. The molecule has 1 aliphatic heterocycles. The molecule has 1 saturated heterocycles. The first-order chi connectivity index (χ1) is 16.8. The highest BCUT2D eigenvalue weighted by atomic mass is 19.1. The molecule has 2 atom stereocenters. The molecule has 2 fully saturated rings. The fourth-order valence-corrected chi connectivity index (χ4v) is 6.59. The molecule has 0 spiro atoms. The van der Waals surface area contributed by atoms with E-state index >= 15 is 0 Å². The minimum Gasteiger partial charge on any atom is -0.337 e. The second kappa shape index (κ2) is 7.60. The largest absolute Gasteiger partial charge is 0.337 e. The van der Waals surface area contributed by atoms with E-state index in [1.807, 2.05) is 4.90 Å². The molecule has 6 rings (SSSR count). The van der Waals surface area contributed by atoms with E-state index in [2.05, 4.69) is 36.0 Å². The van der Waals surface area contributed by atoms with Crippen LogP contribution in [0.2, 0.25) is 0 Å². The zero-order valence-electron chi connectivity index (χ0n) is 20.1. The van der Waals surface area contributed by atoms with Crippen LogP contribution in [0.25, 0.3) is 11.3 Å². The number of halogens is 2. The SMILES string of the molecule is CCC1CN(C(=O)c2cncc([C@@]34CC[C@@H](c5cc(-c6c(F)cccc6F)nnc53)C4(C)C)n2)C1. The fourth-order valence-electron chi connectivity index (χ4n) is 6.59. The molecule has 2 bridgehead atoms. The van der Waals surface area contributed by atoms with E-state index in [0.717, 1.165) is 43.6 Å². The van der Waals surface area contributed by atoms with Gasteiger partial charge in [-0.25, -0.2) is 13.8 Å². The lowest BCUT2D eigenvalue weighted by molar-refractivity contribution is 0.0487. The van der Waals surface area contributed by atoms with E-state index in [0.29, 0.717) is 17.3 Å². The molecule has 2 aromatic heterocycles. The van der Waals surface area contributed by atoms with Crippen LogP contribution >= 0.6 is 0 Å². The minimum absolute atomic E-state index is 0.0949. The van der Waals surface area contributed by atoms with Gasteiger partial charge in [-0.2, -0.15) is 5.10 Å². The Balaban J connectivity index is 1.43. The highest BCUT2D eigenvalue weighted by Gasteiger charge is 2.65. The summed E-state index contributed by atoms with van der Waals surface area (Å²) in [5, 5.41) is 8.83. The Kier molecular flexibility index (Phi) is 4.82. The second-order valence-electron chi connectivity index (χ2n) is 10.6. The van der Waals surface area contributed by atoms with Crippen LogP contribution in [0.4, 0.5) is 8.78 Å². The highest BCUT2D eigenvalue weighted by Crippen LogP contribution is 2.69. The smallest absolute Gasteiger partial charge is 0.274 e. The number of likely N-dealkylation sites (tertiary alicyclic amines) is 1. The van der Waals surface area contributed by atoms with E-state index in [4.69, 9.17) is 4.98 Å². The summed E-state index contributed by atoms with van der Waals surface area (Å²) in [4.78, 5) is 24.1. The summed E-state index contributed by atoms with van der Waals surface area (Å²) in [6.45, 7) is 7.99. The van der Waals surface area contributed by atoms with Gasteiger partial charge in [0.15, 0.2) is 0 Å². The molecule has 3 heterocycles. The van der Waals surface area contributed by atoms with Gasteiger partial charge in [0.05, 0.1) is 34.3 Å². The number of carbonyl (C=O) groups excluding carboxylic acids is 1. The Morgan fingerprint density at radius 2 is 1.89 bits per heavy atom. The van der Waals surface area contributed by atoms with Crippen LogP contribution in [0.15, 0.2) is 36.7 Å². The van der Waals surface area contributed by atoms with Crippen molar-refractivity contribution in [2.24, 2.45) is 11.3 Å². The van der Waals surface area contributed by atoms with Crippen molar-refractivity contribution in [3.05, 3.63) is 70.9 Å². The molecule has 2 aliphatic carbocycles. The summed E-state index contributed by atoms with van der Waals surface area (Å²) in [5.41, 5.74) is 1.95. The normalized spacial score (nSPS) is 24.4. The molecule has 1 saturated carbocycles. The standard InChI is InChI=1S/C27H27F2N5O/c1-4-15-13-34(14-15)25(35)21-11-30-12-22(31-21)27-9-8-17(26(27,2)3)16-10-20(32-33-24(16)27)23-18(28)6-5-7-19(23)29/h5-7,10-12,15,17H,4,8-9,13-14H2,1-3H3/t17-,27-/m0/s1. The van der Waals surface area contributed by atoms with E-state index in [9.17, 15) is 13.6 Å². The predicted molar refractivity (Wildman–Crippen MR) is 126 cm³/mol. The molecule has 8 heteroatoms. The molecule has 1 amide bonds. The number of benzene rings is 1. The van der Waals surface area contributed by atoms with Gasteiger partial charge in [0.25, 0.3) is 5.91 Å². The summed E-state index contributed by atoms with van der Waals surface area (Å²) < 4.78 is 28.9. The molecular formula is C27H27F2N5O. The molecule has 3 aromatic rings. The molecule has 0 radical (unpaired) electrons. The summed E-state index contributed by atoms with van der Waals surface area (Å²) >= 11 is 0. The third kappa shape index (κ3) is 2.95. The van der Waals surface area contributed by atoms with Gasteiger partial charge in [-0.1, -0.05) is 26.8 Å². The van der Waals surface area contributed by atoms with Crippen LogP contribution in [-0.2, 0) is 5.41 Å². The van der Waals surface area contributed by atoms with Crippen LogP contribution < -0.4 is 0 Å². The van der Waals surface area contributed by atoms with Crippen molar-refractivity contribution in [2.75, 3.05) is 13.1 Å². The van der Waals surface area contributed by atoms with Gasteiger partial charge in [-0.05, 0) is 60.3 Å². The van der Waals surface area contributed by atoms with Crippen molar-refractivity contribution in [2.45, 2.75) is 51.4 Å². The van der Waals surface area contributed by atoms with E-state index in [-0.39, 0.29) is 28.5 Å². The van der Waals surface area contributed by atoms with Gasteiger partial charge in [0, 0.05) is 19.3 Å². The zero-order valence-corrected chi connectivity index (χ0v) is 20.1. The number of fused-ring (bicyclic) bond motifs is 5. The molecule has 1 aromatic carbocycles. The first-order valence-electron chi connectivity index (χ1n) is 12.2. The first kappa shape index (κ1) is 22.2. The van der Waals surface area contributed by atoms with Gasteiger partial charge in [-0.3, -0.25) is 9.78 Å². The molecule has 0 unspecified atom stereocenters. The molecule has 35 heavy (non-hydrogen) atoms. The Bertz CT molecular complexity index is 1330.